The number of nitrogens with zero attached hydrogens (tertiary/aromatic N) is 1. The maximum absolute atomic E-state index is 14.2. The zero-order valence-corrected chi connectivity index (χ0v) is 23.8. The summed E-state index contributed by atoms with van der Waals surface area (Å²) in [5.41, 5.74) is 6.34. The summed E-state index contributed by atoms with van der Waals surface area (Å²) in [5.74, 6) is 0.0567. The average Bonchev–Trinajstić information content (AvgIpc) is 3.13. The van der Waals surface area contributed by atoms with Crippen LogP contribution < -0.4 is 10.2 Å². The van der Waals surface area contributed by atoms with Gasteiger partial charge in [-0.3, -0.25) is 14.9 Å². The molecule has 0 spiro atoms. The van der Waals surface area contributed by atoms with E-state index in [1.165, 1.54) is 5.56 Å². The van der Waals surface area contributed by atoms with Crippen molar-refractivity contribution in [3.05, 3.63) is 137 Å². The molecule has 5 nitrogen and oxygen atoms in total. The van der Waals surface area contributed by atoms with Crippen LogP contribution in [0.3, 0.4) is 0 Å². The highest BCUT2D eigenvalue weighted by atomic mass is 16.5. The lowest BCUT2D eigenvalue weighted by atomic mass is 10.0. The van der Waals surface area contributed by atoms with Crippen LogP contribution in [0.5, 0.6) is 0 Å². The molecule has 0 saturated heterocycles. The molecule has 0 aromatic heterocycles. The second-order valence-electron chi connectivity index (χ2n) is 11.0. The Labute approximate surface area is 243 Å². The molecule has 0 fully saturated rings. The fraction of sp³-hybridized carbons (Fsp3) is 0.278. The third-order valence-electron chi connectivity index (χ3n) is 7.73. The van der Waals surface area contributed by atoms with Gasteiger partial charge in [-0.1, -0.05) is 117 Å². The summed E-state index contributed by atoms with van der Waals surface area (Å²) in [4.78, 5) is 29.5. The van der Waals surface area contributed by atoms with Gasteiger partial charge in [-0.2, -0.15) is 0 Å². The zero-order chi connectivity index (χ0) is 28.6. The molecule has 1 N–H and O–H groups in total. The molecule has 4 aromatic rings. The summed E-state index contributed by atoms with van der Waals surface area (Å²) < 4.78 is 5.76. The molecular formula is C36H38N2O3. The first-order chi connectivity index (χ1) is 20.0. The molecule has 1 amide bonds. The Balaban J connectivity index is 1.38. The lowest BCUT2D eigenvalue weighted by molar-refractivity contribution is -0.147. The number of carbonyl (C=O) groups is 2. The number of nitrogens with one attached hydrogen (secondary N) is 1. The van der Waals surface area contributed by atoms with Crippen molar-refractivity contribution in [1.29, 1.82) is 0 Å². The van der Waals surface area contributed by atoms with E-state index in [1.807, 2.05) is 83.8 Å². The van der Waals surface area contributed by atoms with Gasteiger partial charge in [-0.15, -0.1) is 0 Å². The quantitative estimate of drug-likeness (QED) is 0.228. The van der Waals surface area contributed by atoms with E-state index in [-0.39, 0.29) is 18.5 Å². The molecule has 0 unspecified atom stereocenters. The molecule has 1 aliphatic heterocycles. The molecule has 1 aliphatic rings. The second-order valence-corrected chi connectivity index (χ2v) is 11.0. The lowest BCUT2D eigenvalue weighted by Gasteiger charge is -2.29. The summed E-state index contributed by atoms with van der Waals surface area (Å²) in [5, 5.41) is 3.44. The minimum atomic E-state index is -0.663. The molecule has 0 saturated carbocycles. The number of carbonyl (C=O) groups excluding carboxylic acids is 2. The van der Waals surface area contributed by atoms with Crippen LogP contribution in [0.2, 0.25) is 0 Å². The number of hydrogen-bond donors (Lipinski definition) is 1. The second kappa shape index (κ2) is 13.4. The van der Waals surface area contributed by atoms with E-state index in [0.717, 1.165) is 34.4 Å². The van der Waals surface area contributed by atoms with Crippen molar-refractivity contribution in [3.63, 3.8) is 0 Å². The van der Waals surface area contributed by atoms with Gasteiger partial charge in [0.05, 0.1) is 12.6 Å². The number of hydrogen-bond acceptors (Lipinski definition) is 4. The maximum atomic E-state index is 14.2. The number of benzene rings is 4. The maximum Gasteiger partial charge on any atom is 0.323 e. The Morgan fingerprint density at radius 2 is 1.46 bits per heavy atom. The van der Waals surface area contributed by atoms with Gasteiger partial charge in [0.15, 0.2) is 0 Å². The fourth-order valence-electron chi connectivity index (χ4n) is 5.36. The van der Waals surface area contributed by atoms with Crippen molar-refractivity contribution in [2.24, 2.45) is 0 Å². The average molecular weight is 547 g/mol. The summed E-state index contributed by atoms with van der Waals surface area (Å²) in [6, 6.07) is 34.9. The number of para-hydroxylation sites is 1. The van der Waals surface area contributed by atoms with Crippen LogP contribution in [-0.2, 0) is 40.3 Å². The van der Waals surface area contributed by atoms with Crippen molar-refractivity contribution in [1.82, 2.24) is 5.32 Å². The molecule has 41 heavy (non-hydrogen) atoms. The monoisotopic (exact) mass is 546 g/mol. The Kier molecular flexibility index (Phi) is 9.27. The minimum Gasteiger partial charge on any atom is -0.460 e. The highest BCUT2D eigenvalue weighted by Crippen LogP contribution is 2.29. The van der Waals surface area contributed by atoms with Gasteiger partial charge in [-0.25, -0.2) is 0 Å². The number of aryl methyl sites for hydroxylation is 1. The van der Waals surface area contributed by atoms with Gasteiger partial charge in [0, 0.05) is 5.69 Å². The van der Waals surface area contributed by atoms with E-state index in [1.54, 1.807) is 0 Å². The highest BCUT2D eigenvalue weighted by molar-refractivity contribution is 5.99. The number of rotatable bonds is 10. The Morgan fingerprint density at radius 3 is 2.15 bits per heavy atom. The van der Waals surface area contributed by atoms with Gasteiger partial charge in [0.2, 0.25) is 5.91 Å². The molecule has 0 bridgehead atoms. The number of esters is 1. The topological polar surface area (TPSA) is 58.6 Å². The van der Waals surface area contributed by atoms with E-state index >= 15 is 0 Å². The molecule has 0 aliphatic carbocycles. The third kappa shape index (κ3) is 7.30. The van der Waals surface area contributed by atoms with Gasteiger partial charge in [0.25, 0.3) is 0 Å². The predicted octanol–water partition coefficient (Wildman–Crippen LogP) is 6.60. The first kappa shape index (κ1) is 28.3. The van der Waals surface area contributed by atoms with Crippen LogP contribution in [0.25, 0.3) is 0 Å². The summed E-state index contributed by atoms with van der Waals surface area (Å²) in [7, 11) is 0. The molecule has 2 atom stereocenters. The predicted molar refractivity (Wildman–Crippen MR) is 164 cm³/mol. The van der Waals surface area contributed by atoms with E-state index in [2.05, 4.69) is 49.5 Å². The van der Waals surface area contributed by atoms with E-state index < -0.39 is 12.1 Å². The normalized spacial score (nSPS) is 15.7. The van der Waals surface area contributed by atoms with E-state index in [4.69, 9.17) is 4.74 Å². The molecular weight excluding hydrogens is 508 g/mol. The van der Waals surface area contributed by atoms with Gasteiger partial charge >= 0.3 is 5.97 Å². The van der Waals surface area contributed by atoms with Gasteiger partial charge in [-0.05, 0) is 59.1 Å². The molecule has 210 valence electrons. The van der Waals surface area contributed by atoms with Crippen LogP contribution in [0.1, 0.15) is 54.0 Å². The molecule has 1 heterocycles. The van der Waals surface area contributed by atoms with E-state index in [9.17, 15) is 9.59 Å². The standard InChI is InChI=1S/C36H38N2O3/c1-26(2)30-19-17-28(18-20-30)24-38-34-16-10-9-15-31(34)21-22-32(35(38)39)37-33(23-27-11-5-3-6-12-27)36(40)41-25-29-13-7-4-8-14-29/h3-20,26,32-33,37H,21-25H2,1-2H3/t32-,33+/m1/s1. The van der Waals surface area contributed by atoms with Crippen LogP contribution in [0, 0.1) is 0 Å². The Bertz CT molecular complexity index is 1430. The minimum absolute atomic E-state index is 0.0307. The van der Waals surface area contributed by atoms with Crippen molar-refractivity contribution in [3.8, 4) is 0 Å². The smallest absolute Gasteiger partial charge is 0.323 e. The molecule has 5 heteroatoms. The van der Waals surface area contributed by atoms with Gasteiger partial charge in [0.1, 0.15) is 12.6 Å². The summed E-state index contributed by atoms with van der Waals surface area (Å²) in [6.45, 7) is 5.01. The van der Waals surface area contributed by atoms with Crippen LogP contribution in [0.15, 0.2) is 109 Å². The molecule has 0 radical (unpaired) electrons. The van der Waals surface area contributed by atoms with Crippen molar-refractivity contribution >= 4 is 17.6 Å². The number of amides is 1. The Morgan fingerprint density at radius 1 is 0.829 bits per heavy atom. The van der Waals surface area contributed by atoms with Crippen LogP contribution in [0.4, 0.5) is 5.69 Å². The van der Waals surface area contributed by atoms with Crippen molar-refractivity contribution < 1.29 is 14.3 Å². The zero-order valence-electron chi connectivity index (χ0n) is 23.8. The fourth-order valence-corrected chi connectivity index (χ4v) is 5.36. The first-order valence-corrected chi connectivity index (χ1v) is 14.5. The largest absolute Gasteiger partial charge is 0.460 e. The first-order valence-electron chi connectivity index (χ1n) is 14.5. The third-order valence-corrected chi connectivity index (χ3v) is 7.73. The lowest BCUT2D eigenvalue weighted by Crippen LogP contribution is -2.52. The number of anilines is 1. The van der Waals surface area contributed by atoms with Crippen LogP contribution in [-0.4, -0.2) is 24.0 Å². The number of ether oxygens (including phenoxy) is 1. The summed E-state index contributed by atoms with van der Waals surface area (Å²) >= 11 is 0. The summed E-state index contributed by atoms with van der Waals surface area (Å²) in [6.07, 6.45) is 1.76. The Hall–Kier alpha value is -4.22. The molecule has 4 aromatic carbocycles. The SMILES string of the molecule is CC(C)c1ccc(CN2C(=O)[C@H](N[C@@H](Cc3ccccc3)C(=O)OCc3ccccc3)CCc3ccccc32)cc1. The highest BCUT2D eigenvalue weighted by Gasteiger charge is 2.34. The van der Waals surface area contributed by atoms with Gasteiger partial charge < -0.3 is 9.64 Å². The van der Waals surface area contributed by atoms with Crippen molar-refractivity contribution in [2.75, 3.05) is 4.90 Å². The molecule has 5 rings (SSSR count). The number of fused-ring (bicyclic) bond motifs is 1. The van der Waals surface area contributed by atoms with Crippen molar-refractivity contribution in [2.45, 2.75) is 64.3 Å². The van der Waals surface area contributed by atoms with Crippen LogP contribution >= 0.6 is 0 Å². The van der Waals surface area contributed by atoms with E-state index in [0.29, 0.717) is 25.3 Å².